The summed E-state index contributed by atoms with van der Waals surface area (Å²) < 4.78 is 1.58. The van der Waals surface area contributed by atoms with Crippen molar-refractivity contribution >= 4 is 40.6 Å². The maximum Gasteiger partial charge on any atom is 0.230 e. The van der Waals surface area contributed by atoms with Gasteiger partial charge in [-0.1, -0.05) is 29.4 Å². The molecule has 2 heterocycles. The Kier molecular flexibility index (Phi) is 5.84. The molecule has 0 atom stereocenters. The van der Waals surface area contributed by atoms with Crippen LogP contribution < -0.4 is 5.32 Å². The van der Waals surface area contributed by atoms with Crippen molar-refractivity contribution in [1.29, 1.82) is 0 Å². The quantitative estimate of drug-likeness (QED) is 0.639. The van der Waals surface area contributed by atoms with Crippen molar-refractivity contribution in [3.8, 4) is 5.69 Å². The predicted molar refractivity (Wildman–Crippen MR) is 95.9 cm³/mol. The number of hydrogen-bond donors (Lipinski definition) is 1. The lowest BCUT2D eigenvalue weighted by Crippen LogP contribution is -2.27. The first kappa shape index (κ1) is 16.9. The van der Waals surface area contributed by atoms with Crippen LogP contribution in [0.3, 0.4) is 0 Å². The lowest BCUT2D eigenvalue weighted by molar-refractivity contribution is -0.118. The molecule has 1 aromatic carbocycles. The lowest BCUT2D eigenvalue weighted by Gasteiger charge is -2.05. The number of rotatable bonds is 7. The largest absolute Gasteiger partial charge is 0.355 e. The van der Waals surface area contributed by atoms with E-state index in [-0.39, 0.29) is 11.7 Å². The van der Waals surface area contributed by atoms with Gasteiger partial charge in [0.2, 0.25) is 11.1 Å². The maximum absolute atomic E-state index is 11.9. The second kappa shape index (κ2) is 8.27. The monoisotopic (exact) mass is 379 g/mol. The SMILES string of the molecule is O=C(CSc1nnnn1-c1ccc(Cl)cc1)NCCc1cccs1. The van der Waals surface area contributed by atoms with Crippen LogP contribution in [0.15, 0.2) is 46.9 Å². The van der Waals surface area contributed by atoms with Crippen molar-refractivity contribution in [3.05, 3.63) is 51.7 Å². The van der Waals surface area contributed by atoms with E-state index in [0.29, 0.717) is 16.7 Å². The van der Waals surface area contributed by atoms with E-state index >= 15 is 0 Å². The highest BCUT2D eigenvalue weighted by atomic mass is 35.5. The van der Waals surface area contributed by atoms with E-state index in [9.17, 15) is 4.79 Å². The minimum Gasteiger partial charge on any atom is -0.355 e. The fourth-order valence-corrected chi connectivity index (χ4v) is 3.53. The molecule has 24 heavy (non-hydrogen) atoms. The maximum atomic E-state index is 11.9. The Morgan fingerprint density at radius 2 is 2.12 bits per heavy atom. The summed E-state index contributed by atoms with van der Waals surface area (Å²) in [7, 11) is 0. The fraction of sp³-hybridized carbons (Fsp3) is 0.200. The summed E-state index contributed by atoms with van der Waals surface area (Å²) in [6.45, 7) is 0.627. The molecule has 0 aliphatic carbocycles. The van der Waals surface area contributed by atoms with Gasteiger partial charge in [0.1, 0.15) is 0 Å². The number of carbonyl (C=O) groups excluding carboxylic acids is 1. The highest BCUT2D eigenvalue weighted by Gasteiger charge is 2.11. The van der Waals surface area contributed by atoms with Crippen molar-refractivity contribution in [2.75, 3.05) is 12.3 Å². The number of nitrogens with one attached hydrogen (secondary N) is 1. The van der Waals surface area contributed by atoms with Gasteiger partial charge in [-0.3, -0.25) is 4.79 Å². The number of thioether (sulfide) groups is 1. The minimum absolute atomic E-state index is 0.0396. The Labute approximate surface area is 152 Å². The van der Waals surface area contributed by atoms with Crippen LogP contribution in [0.1, 0.15) is 4.88 Å². The van der Waals surface area contributed by atoms with Gasteiger partial charge in [0.15, 0.2) is 0 Å². The normalized spacial score (nSPS) is 10.7. The molecule has 9 heteroatoms. The Morgan fingerprint density at radius 3 is 2.88 bits per heavy atom. The van der Waals surface area contributed by atoms with Gasteiger partial charge in [-0.25, -0.2) is 0 Å². The molecule has 3 rings (SSSR count). The Bertz CT molecular complexity index is 789. The van der Waals surface area contributed by atoms with Gasteiger partial charge in [0.05, 0.1) is 11.4 Å². The van der Waals surface area contributed by atoms with Gasteiger partial charge < -0.3 is 5.32 Å². The molecule has 3 aromatic rings. The highest BCUT2D eigenvalue weighted by Crippen LogP contribution is 2.19. The van der Waals surface area contributed by atoms with Crippen molar-refractivity contribution in [2.45, 2.75) is 11.6 Å². The third-order valence-corrected chi connectivity index (χ3v) is 5.23. The zero-order valence-electron chi connectivity index (χ0n) is 12.6. The topological polar surface area (TPSA) is 72.7 Å². The van der Waals surface area contributed by atoms with Gasteiger partial charge >= 0.3 is 0 Å². The van der Waals surface area contributed by atoms with Gasteiger partial charge in [-0.2, -0.15) is 4.68 Å². The summed E-state index contributed by atoms with van der Waals surface area (Å²) in [5.41, 5.74) is 0.796. The summed E-state index contributed by atoms with van der Waals surface area (Å²) in [6.07, 6.45) is 0.844. The summed E-state index contributed by atoms with van der Waals surface area (Å²) in [4.78, 5) is 13.2. The van der Waals surface area contributed by atoms with Crippen LogP contribution in [0.4, 0.5) is 0 Å². The smallest absolute Gasteiger partial charge is 0.230 e. The summed E-state index contributed by atoms with van der Waals surface area (Å²) in [6, 6.07) is 11.3. The minimum atomic E-state index is -0.0396. The van der Waals surface area contributed by atoms with Crippen LogP contribution >= 0.6 is 34.7 Å². The van der Waals surface area contributed by atoms with Gasteiger partial charge in [-0.05, 0) is 52.6 Å². The second-order valence-corrected chi connectivity index (χ2v) is 7.23. The molecular weight excluding hydrogens is 366 g/mol. The number of tetrazole rings is 1. The third kappa shape index (κ3) is 4.56. The van der Waals surface area contributed by atoms with Crippen LogP contribution in [0.2, 0.25) is 5.02 Å². The molecule has 1 amide bonds. The average molecular weight is 380 g/mol. The van der Waals surface area contributed by atoms with Gasteiger partial charge in [0.25, 0.3) is 0 Å². The molecular formula is C15H14ClN5OS2. The Balaban J connectivity index is 1.50. The molecule has 0 aliphatic heterocycles. The number of carbonyl (C=O) groups is 1. The van der Waals surface area contributed by atoms with Crippen LogP contribution in [0.25, 0.3) is 5.69 Å². The van der Waals surface area contributed by atoms with E-state index in [1.165, 1.54) is 16.6 Å². The number of benzene rings is 1. The molecule has 124 valence electrons. The van der Waals surface area contributed by atoms with Crippen LogP contribution in [-0.4, -0.2) is 38.4 Å². The third-order valence-electron chi connectivity index (χ3n) is 3.12. The molecule has 0 fully saturated rings. The van der Waals surface area contributed by atoms with E-state index in [1.807, 2.05) is 23.6 Å². The Hall–Kier alpha value is -1.90. The van der Waals surface area contributed by atoms with E-state index in [4.69, 9.17) is 11.6 Å². The number of hydrogen-bond acceptors (Lipinski definition) is 6. The first-order chi connectivity index (χ1) is 11.7. The molecule has 1 N–H and O–H groups in total. The Morgan fingerprint density at radius 1 is 1.29 bits per heavy atom. The number of halogens is 1. The first-order valence-corrected chi connectivity index (χ1v) is 9.43. The van der Waals surface area contributed by atoms with E-state index < -0.39 is 0 Å². The molecule has 6 nitrogen and oxygen atoms in total. The lowest BCUT2D eigenvalue weighted by atomic mass is 10.3. The highest BCUT2D eigenvalue weighted by molar-refractivity contribution is 7.99. The molecule has 0 spiro atoms. The molecule has 0 saturated carbocycles. The van der Waals surface area contributed by atoms with Gasteiger partial charge in [0, 0.05) is 16.4 Å². The first-order valence-electron chi connectivity index (χ1n) is 7.18. The number of aromatic nitrogens is 4. The summed E-state index contributed by atoms with van der Waals surface area (Å²) in [5.74, 6) is 0.223. The number of nitrogens with zero attached hydrogens (tertiary/aromatic N) is 4. The van der Waals surface area contributed by atoms with Crippen LogP contribution in [-0.2, 0) is 11.2 Å². The molecule has 0 radical (unpaired) electrons. The zero-order valence-corrected chi connectivity index (χ0v) is 14.9. The molecule has 0 bridgehead atoms. The van der Waals surface area contributed by atoms with Gasteiger partial charge in [-0.15, -0.1) is 16.4 Å². The summed E-state index contributed by atoms with van der Waals surface area (Å²) >= 11 is 8.87. The number of amides is 1. The molecule has 0 unspecified atom stereocenters. The van der Waals surface area contributed by atoms with Crippen LogP contribution in [0.5, 0.6) is 0 Å². The zero-order chi connectivity index (χ0) is 16.8. The average Bonchev–Trinajstić information content (AvgIpc) is 3.25. The molecule has 0 saturated heterocycles. The molecule has 2 aromatic heterocycles. The summed E-state index contributed by atoms with van der Waals surface area (Å²) in [5, 5.41) is 17.7. The molecule has 0 aliphatic rings. The van der Waals surface area contributed by atoms with Crippen molar-refractivity contribution < 1.29 is 4.79 Å². The van der Waals surface area contributed by atoms with Crippen molar-refractivity contribution in [2.24, 2.45) is 0 Å². The standard InChI is InChI=1S/C15H14ClN5OS2/c16-11-3-5-12(6-4-11)21-15(18-19-20-21)24-10-14(22)17-8-7-13-2-1-9-23-13/h1-6,9H,7-8,10H2,(H,17,22). The van der Waals surface area contributed by atoms with Crippen LogP contribution in [0, 0.1) is 0 Å². The second-order valence-electron chi connectivity index (χ2n) is 4.82. The van der Waals surface area contributed by atoms with E-state index in [1.54, 1.807) is 28.2 Å². The van der Waals surface area contributed by atoms with E-state index in [2.05, 4.69) is 26.9 Å². The van der Waals surface area contributed by atoms with Crippen molar-refractivity contribution in [3.63, 3.8) is 0 Å². The fourth-order valence-electron chi connectivity index (χ4n) is 1.97. The number of thiophene rings is 1. The van der Waals surface area contributed by atoms with E-state index in [0.717, 1.165) is 12.1 Å². The predicted octanol–water partition coefficient (Wildman–Crippen LogP) is 2.83. The van der Waals surface area contributed by atoms with Crippen molar-refractivity contribution in [1.82, 2.24) is 25.5 Å².